The molecule has 1 N–H and O–H groups in total. The standard InChI is InChI=1S/C16H30N2O/c1-4-10-14-17-16(3,5-2)15(19)18(14)13-11-8-6-7-9-12-13/h13-14,17H,4-12H2,1-3H3. The fraction of sp³-hybridized carbons (Fsp3) is 0.938. The summed E-state index contributed by atoms with van der Waals surface area (Å²) in [5, 5.41) is 3.61. The van der Waals surface area contributed by atoms with Crippen molar-refractivity contribution in [1.29, 1.82) is 0 Å². The minimum Gasteiger partial charge on any atom is -0.323 e. The molecule has 0 aromatic rings. The van der Waals surface area contributed by atoms with Crippen LogP contribution in [0.5, 0.6) is 0 Å². The number of carbonyl (C=O) groups excluding carboxylic acids is 1. The molecule has 1 saturated heterocycles. The van der Waals surface area contributed by atoms with Crippen LogP contribution in [0.4, 0.5) is 0 Å². The Labute approximate surface area is 118 Å². The van der Waals surface area contributed by atoms with E-state index in [1.54, 1.807) is 0 Å². The summed E-state index contributed by atoms with van der Waals surface area (Å²) in [6.45, 7) is 6.40. The maximum atomic E-state index is 12.8. The Hall–Kier alpha value is -0.570. The zero-order valence-corrected chi connectivity index (χ0v) is 12.9. The highest BCUT2D eigenvalue weighted by Crippen LogP contribution is 2.32. The predicted octanol–water partition coefficient (Wildman–Crippen LogP) is 3.44. The Balaban J connectivity index is 2.16. The summed E-state index contributed by atoms with van der Waals surface area (Å²) >= 11 is 0. The number of carbonyl (C=O) groups is 1. The van der Waals surface area contributed by atoms with Crippen LogP contribution in [0.2, 0.25) is 0 Å². The van der Waals surface area contributed by atoms with E-state index in [2.05, 4.69) is 31.0 Å². The maximum absolute atomic E-state index is 12.8. The summed E-state index contributed by atoms with van der Waals surface area (Å²) in [5.74, 6) is 0.348. The van der Waals surface area contributed by atoms with Gasteiger partial charge in [-0.25, -0.2) is 0 Å². The van der Waals surface area contributed by atoms with Gasteiger partial charge in [-0.3, -0.25) is 10.1 Å². The Morgan fingerprint density at radius 2 is 1.84 bits per heavy atom. The van der Waals surface area contributed by atoms with Gasteiger partial charge in [-0.15, -0.1) is 0 Å². The Morgan fingerprint density at radius 1 is 1.21 bits per heavy atom. The number of amides is 1. The monoisotopic (exact) mass is 266 g/mol. The van der Waals surface area contributed by atoms with Crippen molar-refractivity contribution in [2.45, 2.75) is 96.3 Å². The second-order valence-electron chi connectivity index (χ2n) is 6.49. The highest BCUT2D eigenvalue weighted by atomic mass is 16.2. The summed E-state index contributed by atoms with van der Waals surface area (Å²) < 4.78 is 0. The molecular formula is C16H30N2O. The highest BCUT2D eigenvalue weighted by Gasteiger charge is 2.48. The topological polar surface area (TPSA) is 32.3 Å². The SMILES string of the molecule is CCCC1NC(C)(CC)C(=O)N1C1CCCCCC1. The number of rotatable bonds is 4. The van der Waals surface area contributed by atoms with Crippen LogP contribution in [0.1, 0.15) is 78.6 Å². The minimum absolute atomic E-state index is 0.269. The largest absolute Gasteiger partial charge is 0.323 e. The molecule has 110 valence electrons. The Bertz CT molecular complexity index is 308. The van der Waals surface area contributed by atoms with Gasteiger partial charge >= 0.3 is 0 Å². The molecule has 1 aliphatic carbocycles. The third-order valence-electron chi connectivity index (χ3n) is 5.01. The van der Waals surface area contributed by atoms with E-state index < -0.39 is 0 Å². The van der Waals surface area contributed by atoms with E-state index in [1.807, 2.05) is 0 Å². The fourth-order valence-corrected chi connectivity index (χ4v) is 3.62. The second-order valence-corrected chi connectivity index (χ2v) is 6.49. The van der Waals surface area contributed by atoms with Gasteiger partial charge in [0.25, 0.3) is 0 Å². The minimum atomic E-state index is -0.327. The van der Waals surface area contributed by atoms with Gasteiger partial charge in [0.1, 0.15) is 0 Å². The summed E-state index contributed by atoms with van der Waals surface area (Å²) in [6.07, 6.45) is 11.0. The lowest BCUT2D eigenvalue weighted by molar-refractivity contribution is -0.135. The van der Waals surface area contributed by atoms with Crippen molar-refractivity contribution in [2.24, 2.45) is 0 Å². The summed E-state index contributed by atoms with van der Waals surface area (Å²) in [7, 11) is 0. The van der Waals surface area contributed by atoms with Gasteiger partial charge in [0.2, 0.25) is 5.91 Å². The molecule has 19 heavy (non-hydrogen) atoms. The maximum Gasteiger partial charge on any atom is 0.244 e. The first-order valence-electron chi connectivity index (χ1n) is 8.23. The lowest BCUT2D eigenvalue weighted by Gasteiger charge is -2.32. The van der Waals surface area contributed by atoms with Gasteiger partial charge in [0, 0.05) is 6.04 Å². The first kappa shape index (κ1) is 14.8. The molecule has 0 spiro atoms. The Morgan fingerprint density at radius 3 is 2.37 bits per heavy atom. The van der Waals surface area contributed by atoms with Crippen molar-refractivity contribution >= 4 is 5.91 Å². The Kier molecular flexibility index (Phi) is 4.88. The first-order valence-corrected chi connectivity index (χ1v) is 8.23. The zero-order chi connectivity index (χ0) is 13.9. The van der Waals surface area contributed by atoms with Gasteiger partial charge in [-0.2, -0.15) is 0 Å². The lowest BCUT2D eigenvalue weighted by atomic mass is 9.98. The molecule has 0 radical (unpaired) electrons. The average Bonchev–Trinajstić information content (AvgIpc) is 2.61. The molecule has 1 heterocycles. The van der Waals surface area contributed by atoms with Gasteiger partial charge in [-0.05, 0) is 32.6 Å². The van der Waals surface area contributed by atoms with Crippen molar-refractivity contribution in [3.63, 3.8) is 0 Å². The van der Waals surface area contributed by atoms with E-state index in [0.29, 0.717) is 11.9 Å². The molecule has 2 atom stereocenters. The molecule has 1 saturated carbocycles. The lowest BCUT2D eigenvalue weighted by Crippen LogP contribution is -2.45. The van der Waals surface area contributed by atoms with Crippen molar-refractivity contribution in [1.82, 2.24) is 10.2 Å². The van der Waals surface area contributed by atoms with Crippen LogP contribution < -0.4 is 5.32 Å². The molecule has 1 amide bonds. The average molecular weight is 266 g/mol. The van der Waals surface area contributed by atoms with E-state index in [0.717, 1.165) is 19.3 Å². The summed E-state index contributed by atoms with van der Waals surface area (Å²) in [6, 6.07) is 0.479. The van der Waals surface area contributed by atoms with Crippen LogP contribution in [-0.4, -0.2) is 28.6 Å². The zero-order valence-electron chi connectivity index (χ0n) is 12.9. The van der Waals surface area contributed by atoms with Crippen LogP contribution in [0.15, 0.2) is 0 Å². The number of hydrogen-bond donors (Lipinski definition) is 1. The normalized spacial score (nSPS) is 33.7. The summed E-state index contributed by atoms with van der Waals surface area (Å²) in [4.78, 5) is 15.0. The molecule has 1 aliphatic heterocycles. The van der Waals surface area contributed by atoms with Crippen LogP contribution in [0, 0.1) is 0 Å². The molecule has 3 nitrogen and oxygen atoms in total. The molecule has 0 bridgehead atoms. The first-order chi connectivity index (χ1) is 9.12. The molecule has 0 aromatic carbocycles. The van der Waals surface area contributed by atoms with E-state index in [4.69, 9.17) is 0 Å². The van der Waals surface area contributed by atoms with Gasteiger partial charge in [-0.1, -0.05) is 46.0 Å². The highest BCUT2D eigenvalue weighted by molar-refractivity contribution is 5.88. The summed E-state index contributed by atoms with van der Waals surface area (Å²) in [5.41, 5.74) is -0.327. The molecule has 3 heteroatoms. The third kappa shape index (κ3) is 2.96. The molecule has 2 fully saturated rings. The van der Waals surface area contributed by atoms with Crippen LogP contribution in [0.25, 0.3) is 0 Å². The van der Waals surface area contributed by atoms with Crippen LogP contribution in [0.3, 0.4) is 0 Å². The van der Waals surface area contributed by atoms with E-state index in [9.17, 15) is 4.79 Å². The number of nitrogens with one attached hydrogen (secondary N) is 1. The van der Waals surface area contributed by atoms with Crippen molar-refractivity contribution in [2.75, 3.05) is 0 Å². The molecule has 2 unspecified atom stereocenters. The smallest absolute Gasteiger partial charge is 0.244 e. The number of nitrogens with zero attached hydrogens (tertiary/aromatic N) is 1. The fourth-order valence-electron chi connectivity index (χ4n) is 3.62. The number of hydrogen-bond acceptors (Lipinski definition) is 2. The molecule has 2 rings (SSSR count). The van der Waals surface area contributed by atoms with E-state index in [-0.39, 0.29) is 11.7 Å². The van der Waals surface area contributed by atoms with Crippen LogP contribution >= 0.6 is 0 Å². The quantitative estimate of drug-likeness (QED) is 0.791. The van der Waals surface area contributed by atoms with Crippen LogP contribution in [-0.2, 0) is 4.79 Å². The predicted molar refractivity (Wildman–Crippen MR) is 78.9 cm³/mol. The molecular weight excluding hydrogens is 236 g/mol. The van der Waals surface area contributed by atoms with Gasteiger partial charge < -0.3 is 4.90 Å². The van der Waals surface area contributed by atoms with E-state index >= 15 is 0 Å². The van der Waals surface area contributed by atoms with E-state index in [1.165, 1.54) is 38.5 Å². The van der Waals surface area contributed by atoms with Crippen molar-refractivity contribution < 1.29 is 4.79 Å². The molecule has 0 aromatic heterocycles. The third-order valence-corrected chi connectivity index (χ3v) is 5.01. The van der Waals surface area contributed by atoms with Crippen molar-refractivity contribution in [3.8, 4) is 0 Å². The van der Waals surface area contributed by atoms with Crippen molar-refractivity contribution in [3.05, 3.63) is 0 Å². The molecule has 2 aliphatic rings. The second kappa shape index (κ2) is 6.25. The van der Waals surface area contributed by atoms with Gasteiger partial charge in [0.05, 0.1) is 11.7 Å². The van der Waals surface area contributed by atoms with Gasteiger partial charge in [0.15, 0.2) is 0 Å².